The van der Waals surface area contributed by atoms with Crippen molar-refractivity contribution in [1.82, 2.24) is 20.3 Å². The molecule has 2 heterocycles. The highest BCUT2D eigenvalue weighted by Gasteiger charge is 2.55. The van der Waals surface area contributed by atoms with Gasteiger partial charge in [0.1, 0.15) is 11.8 Å². The summed E-state index contributed by atoms with van der Waals surface area (Å²) in [6, 6.07) is 1.18. The van der Waals surface area contributed by atoms with Crippen molar-refractivity contribution in [2.24, 2.45) is 29.1 Å². The molecule has 35 heavy (non-hydrogen) atoms. The number of carbonyl (C=O) groups is 3. The van der Waals surface area contributed by atoms with Crippen molar-refractivity contribution in [1.29, 1.82) is 0 Å². The molecule has 4 aliphatic carbocycles. The van der Waals surface area contributed by atoms with Crippen LogP contribution in [0.3, 0.4) is 0 Å². The van der Waals surface area contributed by atoms with Gasteiger partial charge in [0.05, 0.1) is 6.54 Å². The Kier molecular flexibility index (Phi) is 6.63. The van der Waals surface area contributed by atoms with Gasteiger partial charge in [-0.1, -0.05) is 19.0 Å². The van der Waals surface area contributed by atoms with E-state index in [1.165, 1.54) is 19.3 Å². The van der Waals surface area contributed by atoms with Gasteiger partial charge >= 0.3 is 0 Å². The zero-order valence-electron chi connectivity index (χ0n) is 21.2. The van der Waals surface area contributed by atoms with Crippen molar-refractivity contribution in [2.45, 2.75) is 65.3 Å². The molecule has 4 saturated carbocycles. The first-order valence-electron chi connectivity index (χ1n) is 13.3. The van der Waals surface area contributed by atoms with Crippen molar-refractivity contribution >= 4 is 23.5 Å². The highest BCUT2D eigenvalue weighted by molar-refractivity contribution is 5.92. The topological polar surface area (TPSA) is 108 Å². The molecule has 5 fully saturated rings. The zero-order valence-corrected chi connectivity index (χ0v) is 21.2. The fraction of sp³-hybridized carbons (Fsp3) is 0.769. The molecular weight excluding hydrogens is 446 g/mol. The maximum absolute atomic E-state index is 13.6. The first-order chi connectivity index (χ1) is 16.7. The van der Waals surface area contributed by atoms with Crippen LogP contribution in [-0.2, 0) is 14.4 Å². The molecule has 1 aromatic rings. The molecule has 4 bridgehead atoms. The van der Waals surface area contributed by atoms with Gasteiger partial charge in [0.15, 0.2) is 5.82 Å². The number of aromatic nitrogens is 1. The Morgan fingerprint density at radius 3 is 2.17 bits per heavy atom. The Morgan fingerprint density at radius 2 is 1.66 bits per heavy atom. The van der Waals surface area contributed by atoms with E-state index >= 15 is 0 Å². The number of hydrogen-bond donors (Lipinski definition) is 2. The Balaban J connectivity index is 1.14. The second-order valence-electron chi connectivity index (χ2n) is 11.9. The summed E-state index contributed by atoms with van der Waals surface area (Å²) < 4.78 is 4.98. The van der Waals surface area contributed by atoms with Crippen molar-refractivity contribution in [3.05, 3.63) is 11.8 Å². The normalized spacial score (nSPS) is 31.0. The Labute approximate surface area is 207 Å². The van der Waals surface area contributed by atoms with Gasteiger partial charge < -0.3 is 20.1 Å². The van der Waals surface area contributed by atoms with Gasteiger partial charge in [-0.15, -0.1) is 0 Å². The summed E-state index contributed by atoms with van der Waals surface area (Å²) in [5.41, 5.74) is -0.253. The number of aryl methyl sites for hydroxylation is 1. The molecule has 1 aliphatic heterocycles. The van der Waals surface area contributed by atoms with E-state index in [0.717, 1.165) is 19.3 Å². The number of nitrogens with zero attached hydrogens (tertiary/aromatic N) is 3. The predicted octanol–water partition coefficient (Wildman–Crippen LogP) is 2.42. The summed E-state index contributed by atoms with van der Waals surface area (Å²) in [4.78, 5) is 43.3. The van der Waals surface area contributed by atoms with Gasteiger partial charge in [-0.05, 0) is 69.1 Å². The van der Waals surface area contributed by atoms with Crippen LogP contribution in [0.1, 0.15) is 58.1 Å². The number of hydrogen-bond acceptors (Lipinski definition) is 6. The van der Waals surface area contributed by atoms with Gasteiger partial charge in [-0.25, -0.2) is 0 Å². The van der Waals surface area contributed by atoms with Gasteiger partial charge in [0.2, 0.25) is 17.7 Å². The van der Waals surface area contributed by atoms with E-state index in [1.54, 1.807) is 13.0 Å². The highest BCUT2D eigenvalue weighted by Crippen LogP contribution is 2.60. The predicted molar refractivity (Wildman–Crippen MR) is 130 cm³/mol. The Bertz CT molecular complexity index is 929. The summed E-state index contributed by atoms with van der Waals surface area (Å²) in [7, 11) is 0. The fourth-order valence-electron chi connectivity index (χ4n) is 7.33. The molecule has 0 radical (unpaired) electrons. The Morgan fingerprint density at radius 1 is 1.06 bits per heavy atom. The molecule has 2 N–H and O–H groups in total. The molecule has 1 unspecified atom stereocenters. The molecular formula is C26H39N5O4. The van der Waals surface area contributed by atoms with E-state index in [-0.39, 0.29) is 35.6 Å². The molecule has 0 spiro atoms. The smallest absolute Gasteiger partial charge is 0.245 e. The van der Waals surface area contributed by atoms with E-state index in [0.29, 0.717) is 55.5 Å². The van der Waals surface area contributed by atoms with E-state index in [4.69, 9.17) is 4.52 Å². The molecule has 1 atom stereocenters. The summed E-state index contributed by atoms with van der Waals surface area (Å²) >= 11 is 0. The number of carbonyl (C=O) groups excluding carboxylic acids is 3. The van der Waals surface area contributed by atoms with Crippen molar-refractivity contribution < 1.29 is 18.9 Å². The van der Waals surface area contributed by atoms with Crippen LogP contribution in [0.25, 0.3) is 0 Å². The molecule has 192 valence electrons. The molecule has 3 amide bonds. The third-order valence-corrected chi connectivity index (χ3v) is 8.69. The molecule has 5 aliphatic rings. The SMILES string of the molecule is Cc1cc(NC(=O)CN2CCN(C(=O)C(NC(=O)C34CC5CC(CC(C5)C3)C4)C(C)C)CC2)no1. The number of anilines is 1. The van der Waals surface area contributed by atoms with Crippen LogP contribution in [0.15, 0.2) is 10.6 Å². The van der Waals surface area contributed by atoms with Crippen LogP contribution in [-0.4, -0.2) is 71.4 Å². The Hall–Kier alpha value is -2.42. The maximum atomic E-state index is 13.6. The first kappa shape index (κ1) is 24.3. The van der Waals surface area contributed by atoms with E-state index in [9.17, 15) is 14.4 Å². The summed E-state index contributed by atoms with van der Waals surface area (Å²) in [6.07, 6.45) is 6.87. The van der Waals surface area contributed by atoms with Gasteiger partial charge in [0.25, 0.3) is 0 Å². The van der Waals surface area contributed by atoms with E-state index < -0.39 is 6.04 Å². The third kappa shape index (κ3) is 5.10. The van der Waals surface area contributed by atoms with Crippen LogP contribution in [0, 0.1) is 36.0 Å². The second-order valence-corrected chi connectivity index (χ2v) is 11.9. The van der Waals surface area contributed by atoms with Gasteiger partial charge in [-0.2, -0.15) is 0 Å². The molecule has 6 rings (SSSR count). The number of rotatable bonds is 7. The fourth-order valence-corrected chi connectivity index (χ4v) is 7.33. The quantitative estimate of drug-likeness (QED) is 0.614. The number of amides is 3. The largest absolute Gasteiger partial charge is 0.360 e. The lowest BCUT2D eigenvalue weighted by Crippen LogP contribution is -2.60. The summed E-state index contributed by atoms with van der Waals surface area (Å²) in [5.74, 6) is 3.12. The molecule has 9 heteroatoms. The lowest BCUT2D eigenvalue weighted by molar-refractivity contribution is -0.151. The van der Waals surface area contributed by atoms with Crippen molar-refractivity contribution in [3.8, 4) is 0 Å². The lowest BCUT2D eigenvalue weighted by atomic mass is 9.49. The lowest BCUT2D eigenvalue weighted by Gasteiger charge is -2.56. The minimum Gasteiger partial charge on any atom is -0.360 e. The third-order valence-electron chi connectivity index (χ3n) is 8.69. The van der Waals surface area contributed by atoms with Crippen LogP contribution in [0.5, 0.6) is 0 Å². The van der Waals surface area contributed by atoms with E-state index in [1.807, 2.05) is 23.6 Å². The minimum atomic E-state index is -0.499. The first-order valence-corrected chi connectivity index (χ1v) is 13.3. The zero-order chi connectivity index (χ0) is 24.7. The van der Waals surface area contributed by atoms with E-state index in [2.05, 4.69) is 15.8 Å². The van der Waals surface area contributed by atoms with Gasteiger partial charge in [-0.3, -0.25) is 19.3 Å². The molecule has 9 nitrogen and oxygen atoms in total. The van der Waals surface area contributed by atoms with Crippen molar-refractivity contribution in [3.63, 3.8) is 0 Å². The van der Waals surface area contributed by atoms with Crippen LogP contribution in [0.2, 0.25) is 0 Å². The minimum absolute atomic E-state index is 0.000233. The average molecular weight is 486 g/mol. The summed E-state index contributed by atoms with van der Waals surface area (Å²) in [5, 5.41) is 9.75. The summed E-state index contributed by atoms with van der Waals surface area (Å²) in [6.45, 7) is 8.36. The maximum Gasteiger partial charge on any atom is 0.245 e. The van der Waals surface area contributed by atoms with Crippen LogP contribution in [0.4, 0.5) is 5.82 Å². The molecule has 1 aromatic heterocycles. The van der Waals surface area contributed by atoms with Crippen LogP contribution >= 0.6 is 0 Å². The highest BCUT2D eigenvalue weighted by atomic mass is 16.5. The second kappa shape index (κ2) is 9.56. The number of nitrogens with one attached hydrogen (secondary N) is 2. The molecule has 0 aromatic carbocycles. The standard InChI is InChI=1S/C26H39N5O4/c1-16(2)23(28-25(34)26-12-18-9-19(13-26)11-20(10-18)14-26)24(33)31-6-4-30(5-7-31)15-22(32)27-21-8-17(3)35-29-21/h8,16,18-20,23H,4-7,9-15H2,1-3H3,(H,28,34)(H,27,29,32). The van der Waals surface area contributed by atoms with Crippen LogP contribution < -0.4 is 10.6 Å². The average Bonchev–Trinajstić information content (AvgIpc) is 3.20. The van der Waals surface area contributed by atoms with Crippen molar-refractivity contribution in [2.75, 3.05) is 38.0 Å². The monoisotopic (exact) mass is 485 g/mol. The molecule has 1 saturated heterocycles. The van der Waals surface area contributed by atoms with Gasteiger partial charge in [0, 0.05) is 37.7 Å². The number of piperazine rings is 1.